The summed E-state index contributed by atoms with van der Waals surface area (Å²) < 4.78 is 0. The van der Waals surface area contributed by atoms with E-state index < -0.39 is 0 Å². The lowest BCUT2D eigenvalue weighted by atomic mass is 9.61. The van der Waals surface area contributed by atoms with Gasteiger partial charge in [-0.2, -0.15) is 0 Å². The molecule has 0 bridgehead atoms. The summed E-state index contributed by atoms with van der Waals surface area (Å²) in [7, 11) is 0. The van der Waals surface area contributed by atoms with Gasteiger partial charge in [-0.25, -0.2) is 0 Å². The van der Waals surface area contributed by atoms with E-state index in [1.165, 1.54) is 31.4 Å². The van der Waals surface area contributed by atoms with Crippen molar-refractivity contribution in [2.75, 3.05) is 0 Å². The third kappa shape index (κ3) is 4.04. The van der Waals surface area contributed by atoms with Crippen LogP contribution in [-0.2, 0) is 0 Å². The molecule has 1 heteroatoms. The predicted octanol–water partition coefficient (Wildman–Crippen LogP) is 4.74. The molecule has 0 aromatic rings. The molecule has 100 valence electrons. The predicted molar refractivity (Wildman–Crippen MR) is 76.9 cm³/mol. The van der Waals surface area contributed by atoms with E-state index >= 15 is 0 Å². The van der Waals surface area contributed by atoms with Gasteiger partial charge in [-0.05, 0) is 36.0 Å². The van der Waals surface area contributed by atoms with Gasteiger partial charge in [0.2, 0.25) is 0 Å². The van der Waals surface area contributed by atoms with Crippen molar-refractivity contribution in [2.45, 2.75) is 73.3 Å². The molecule has 1 N–H and O–H groups in total. The van der Waals surface area contributed by atoms with Crippen molar-refractivity contribution in [3.8, 4) is 0 Å². The normalized spacial score (nSPS) is 32.5. The van der Waals surface area contributed by atoms with Gasteiger partial charge in [0.1, 0.15) is 0 Å². The van der Waals surface area contributed by atoms with Gasteiger partial charge < -0.3 is 5.32 Å². The van der Waals surface area contributed by atoms with Crippen molar-refractivity contribution in [2.24, 2.45) is 16.7 Å². The first-order chi connectivity index (χ1) is 7.67. The van der Waals surface area contributed by atoms with E-state index in [2.05, 4.69) is 53.4 Å². The van der Waals surface area contributed by atoms with E-state index in [0.717, 1.165) is 0 Å². The summed E-state index contributed by atoms with van der Waals surface area (Å²) in [5.41, 5.74) is 2.15. The maximum absolute atomic E-state index is 4.16. The quantitative estimate of drug-likeness (QED) is 0.744. The highest BCUT2D eigenvalue weighted by atomic mass is 14.9. The standard InChI is InChI=1S/C16H31N/c1-8-16(7)10-14(9-15(5,6)11-16)17-13(4)12(2)3/h12,14,17H,4,8-11H2,1-3,5-7H3. The van der Waals surface area contributed by atoms with Gasteiger partial charge in [-0.1, -0.05) is 54.5 Å². The molecule has 0 aromatic carbocycles. The Bertz CT molecular complexity index is 277. The van der Waals surface area contributed by atoms with Crippen LogP contribution in [0.4, 0.5) is 0 Å². The Kier molecular flexibility index (Phi) is 4.33. The summed E-state index contributed by atoms with van der Waals surface area (Å²) in [4.78, 5) is 0. The monoisotopic (exact) mass is 237 g/mol. The van der Waals surface area contributed by atoms with Gasteiger partial charge in [-0.15, -0.1) is 0 Å². The molecular formula is C16H31N. The highest BCUT2D eigenvalue weighted by Gasteiger charge is 2.40. The number of hydrogen-bond donors (Lipinski definition) is 1. The molecule has 1 aliphatic carbocycles. The molecule has 0 spiro atoms. The zero-order valence-corrected chi connectivity index (χ0v) is 12.7. The minimum atomic E-state index is 0.456. The fraction of sp³-hybridized carbons (Fsp3) is 0.875. The first-order valence-electron chi connectivity index (χ1n) is 7.13. The van der Waals surface area contributed by atoms with E-state index in [1.807, 2.05) is 0 Å². The van der Waals surface area contributed by atoms with Crippen molar-refractivity contribution >= 4 is 0 Å². The van der Waals surface area contributed by atoms with Crippen molar-refractivity contribution in [3.05, 3.63) is 12.3 Å². The van der Waals surface area contributed by atoms with Gasteiger partial charge >= 0.3 is 0 Å². The number of allylic oxidation sites excluding steroid dienone is 1. The minimum Gasteiger partial charge on any atom is -0.386 e. The van der Waals surface area contributed by atoms with Gasteiger partial charge in [0.25, 0.3) is 0 Å². The van der Waals surface area contributed by atoms with E-state index in [-0.39, 0.29) is 0 Å². The van der Waals surface area contributed by atoms with Crippen molar-refractivity contribution < 1.29 is 0 Å². The summed E-state index contributed by atoms with van der Waals surface area (Å²) in [6.07, 6.45) is 5.19. The largest absolute Gasteiger partial charge is 0.386 e. The van der Waals surface area contributed by atoms with E-state index in [9.17, 15) is 0 Å². The van der Waals surface area contributed by atoms with Crippen LogP contribution in [0.5, 0.6) is 0 Å². The molecule has 0 aromatic heterocycles. The van der Waals surface area contributed by atoms with Crippen molar-refractivity contribution in [1.29, 1.82) is 0 Å². The molecule has 0 saturated heterocycles. The van der Waals surface area contributed by atoms with Crippen LogP contribution in [0.3, 0.4) is 0 Å². The lowest BCUT2D eigenvalue weighted by Gasteiger charge is -2.47. The van der Waals surface area contributed by atoms with Crippen LogP contribution >= 0.6 is 0 Å². The number of hydrogen-bond acceptors (Lipinski definition) is 1. The number of nitrogens with one attached hydrogen (secondary N) is 1. The summed E-state index contributed by atoms with van der Waals surface area (Å²) in [5.74, 6) is 0.535. The molecule has 1 rings (SSSR count). The average Bonchev–Trinajstić information content (AvgIpc) is 2.14. The third-order valence-electron chi connectivity index (χ3n) is 4.38. The SMILES string of the molecule is C=C(NC1CC(C)(C)CC(C)(CC)C1)C(C)C. The van der Waals surface area contributed by atoms with E-state index in [4.69, 9.17) is 0 Å². The van der Waals surface area contributed by atoms with Crippen LogP contribution < -0.4 is 5.32 Å². The zero-order chi connectivity index (χ0) is 13.3. The van der Waals surface area contributed by atoms with Crippen LogP contribution in [0.2, 0.25) is 0 Å². The van der Waals surface area contributed by atoms with Crippen LogP contribution in [0.1, 0.15) is 67.2 Å². The molecule has 1 saturated carbocycles. The van der Waals surface area contributed by atoms with Crippen LogP contribution in [0, 0.1) is 16.7 Å². The Balaban J connectivity index is 2.70. The summed E-state index contributed by atoms with van der Waals surface area (Å²) in [5, 5.41) is 3.67. The Morgan fingerprint density at radius 3 is 2.35 bits per heavy atom. The second kappa shape index (κ2) is 5.04. The lowest BCUT2D eigenvalue weighted by molar-refractivity contribution is 0.0703. The van der Waals surface area contributed by atoms with Crippen molar-refractivity contribution in [1.82, 2.24) is 5.32 Å². The highest BCUT2D eigenvalue weighted by molar-refractivity contribution is 5.01. The molecule has 1 fully saturated rings. The lowest BCUT2D eigenvalue weighted by Crippen LogP contribution is -2.44. The van der Waals surface area contributed by atoms with Gasteiger partial charge in [0.15, 0.2) is 0 Å². The van der Waals surface area contributed by atoms with Gasteiger partial charge in [0, 0.05) is 11.7 Å². The van der Waals surface area contributed by atoms with Crippen LogP contribution in [-0.4, -0.2) is 6.04 Å². The average molecular weight is 237 g/mol. The Morgan fingerprint density at radius 1 is 1.29 bits per heavy atom. The molecule has 2 atom stereocenters. The van der Waals surface area contributed by atoms with E-state index in [1.54, 1.807) is 0 Å². The third-order valence-corrected chi connectivity index (χ3v) is 4.38. The Morgan fingerprint density at radius 2 is 1.88 bits per heavy atom. The molecule has 1 aliphatic rings. The molecule has 0 radical (unpaired) electrons. The van der Waals surface area contributed by atoms with E-state index in [0.29, 0.717) is 22.8 Å². The molecule has 2 unspecified atom stereocenters. The maximum Gasteiger partial charge on any atom is 0.0268 e. The summed E-state index contributed by atoms with van der Waals surface area (Å²) in [6, 6.07) is 0.610. The number of rotatable bonds is 4. The molecule has 17 heavy (non-hydrogen) atoms. The first-order valence-corrected chi connectivity index (χ1v) is 7.13. The van der Waals surface area contributed by atoms with Gasteiger partial charge in [0.05, 0.1) is 0 Å². The summed E-state index contributed by atoms with van der Waals surface area (Å²) in [6.45, 7) is 18.2. The second-order valence-electron chi connectivity index (χ2n) is 7.43. The molecule has 0 amide bonds. The molecule has 0 aliphatic heterocycles. The van der Waals surface area contributed by atoms with Crippen LogP contribution in [0.25, 0.3) is 0 Å². The van der Waals surface area contributed by atoms with Crippen LogP contribution in [0.15, 0.2) is 12.3 Å². The first kappa shape index (κ1) is 14.6. The van der Waals surface area contributed by atoms with Gasteiger partial charge in [-0.3, -0.25) is 0 Å². The second-order valence-corrected chi connectivity index (χ2v) is 7.43. The molecule has 0 heterocycles. The Hall–Kier alpha value is -0.460. The highest BCUT2D eigenvalue weighted by Crippen LogP contribution is 2.47. The molecule has 1 nitrogen and oxygen atoms in total. The minimum absolute atomic E-state index is 0.456. The fourth-order valence-corrected chi connectivity index (χ4v) is 3.43. The fourth-order valence-electron chi connectivity index (χ4n) is 3.43. The Labute approximate surface area is 108 Å². The zero-order valence-electron chi connectivity index (χ0n) is 12.7. The molecular weight excluding hydrogens is 206 g/mol. The summed E-state index contributed by atoms with van der Waals surface area (Å²) >= 11 is 0. The maximum atomic E-state index is 4.16. The smallest absolute Gasteiger partial charge is 0.0268 e. The van der Waals surface area contributed by atoms with Crippen molar-refractivity contribution in [3.63, 3.8) is 0 Å². The topological polar surface area (TPSA) is 12.0 Å².